The highest BCUT2D eigenvalue weighted by Crippen LogP contribution is 2.40. The second-order valence-electron chi connectivity index (χ2n) is 4.35. The highest BCUT2D eigenvalue weighted by molar-refractivity contribution is 7.91. The fourth-order valence-corrected chi connectivity index (χ4v) is 2.87. The van der Waals surface area contributed by atoms with E-state index >= 15 is 0 Å². The van der Waals surface area contributed by atoms with Crippen molar-refractivity contribution >= 4 is 15.6 Å². The lowest BCUT2D eigenvalue weighted by atomic mass is 10.1. The Morgan fingerprint density at radius 3 is 2.59 bits per heavy atom. The smallest absolute Gasteiger partial charge is 0.180 e. The van der Waals surface area contributed by atoms with Crippen LogP contribution in [0.2, 0.25) is 0 Å². The van der Waals surface area contributed by atoms with Crippen LogP contribution < -0.4 is 0 Å². The summed E-state index contributed by atoms with van der Waals surface area (Å²) in [6.07, 6.45) is 3.78. The maximum atomic E-state index is 11.9. The van der Waals surface area contributed by atoms with Gasteiger partial charge in [0.1, 0.15) is 5.69 Å². The molecule has 2 rings (SSSR count). The number of hydrogen-bond donors (Lipinski definition) is 0. The Balaban J connectivity index is 2.58. The van der Waals surface area contributed by atoms with Crippen molar-refractivity contribution in [1.82, 2.24) is 4.98 Å². The van der Waals surface area contributed by atoms with E-state index in [9.17, 15) is 13.2 Å². The van der Waals surface area contributed by atoms with Crippen molar-refractivity contribution in [1.29, 1.82) is 0 Å². The summed E-state index contributed by atoms with van der Waals surface area (Å²) in [6.45, 7) is 2.91. The quantitative estimate of drug-likeness (QED) is 0.769. The lowest BCUT2D eigenvalue weighted by molar-refractivity contribution is 0.100. The molecule has 1 heterocycles. The molecule has 1 aliphatic rings. The molecular formula is C12H15NO3S. The number of ketones is 1. The van der Waals surface area contributed by atoms with Crippen molar-refractivity contribution in [3.63, 3.8) is 0 Å². The van der Waals surface area contributed by atoms with E-state index in [0.29, 0.717) is 5.92 Å². The molecule has 0 radical (unpaired) electrons. The van der Waals surface area contributed by atoms with E-state index in [0.717, 1.165) is 18.4 Å². The summed E-state index contributed by atoms with van der Waals surface area (Å²) in [5.41, 5.74) is 0.998. The molecule has 0 aliphatic heterocycles. The van der Waals surface area contributed by atoms with E-state index in [4.69, 9.17) is 0 Å². The summed E-state index contributed by atoms with van der Waals surface area (Å²) in [4.78, 5) is 15.5. The zero-order chi connectivity index (χ0) is 12.6. The predicted molar refractivity (Wildman–Crippen MR) is 63.9 cm³/mol. The molecule has 0 bridgehead atoms. The molecule has 0 unspecified atom stereocenters. The highest BCUT2D eigenvalue weighted by Gasteiger charge is 2.28. The molecule has 0 aromatic carbocycles. The summed E-state index contributed by atoms with van der Waals surface area (Å²) in [6, 6.07) is 1.63. The average molecular weight is 253 g/mol. The molecule has 0 spiro atoms. The van der Waals surface area contributed by atoms with Crippen molar-refractivity contribution in [3.05, 3.63) is 23.5 Å². The number of rotatable bonds is 4. The second-order valence-corrected chi connectivity index (χ2v) is 6.60. The highest BCUT2D eigenvalue weighted by atomic mass is 32.2. The van der Waals surface area contributed by atoms with E-state index in [-0.39, 0.29) is 22.1 Å². The van der Waals surface area contributed by atoms with Crippen LogP contribution in [-0.4, -0.2) is 24.9 Å². The minimum absolute atomic E-state index is 0.0108. The minimum atomic E-state index is -3.39. The van der Waals surface area contributed by atoms with Crippen molar-refractivity contribution in [3.8, 4) is 0 Å². The van der Waals surface area contributed by atoms with Crippen LogP contribution in [0.1, 0.15) is 48.7 Å². The molecule has 4 nitrogen and oxygen atoms in total. The molecule has 0 N–H and O–H groups in total. The Labute approximate surface area is 101 Å². The minimum Gasteiger partial charge on any atom is -0.293 e. The third-order valence-corrected chi connectivity index (χ3v) is 4.71. The lowest BCUT2D eigenvalue weighted by Gasteiger charge is -2.08. The summed E-state index contributed by atoms with van der Waals surface area (Å²) in [7, 11) is -3.39. The van der Waals surface area contributed by atoms with Crippen molar-refractivity contribution in [2.24, 2.45) is 0 Å². The van der Waals surface area contributed by atoms with Crippen LogP contribution in [-0.2, 0) is 9.84 Å². The summed E-state index contributed by atoms with van der Waals surface area (Å²) in [5, 5.41) is 0. The number of pyridine rings is 1. The molecule has 1 saturated carbocycles. The second kappa shape index (κ2) is 4.22. The molecule has 1 aromatic rings. The van der Waals surface area contributed by atoms with E-state index in [1.165, 1.54) is 6.92 Å². The largest absolute Gasteiger partial charge is 0.293 e. The fourth-order valence-electron chi connectivity index (χ4n) is 1.76. The van der Waals surface area contributed by atoms with E-state index in [1.54, 1.807) is 19.2 Å². The molecule has 0 atom stereocenters. The van der Waals surface area contributed by atoms with Gasteiger partial charge in [0.25, 0.3) is 0 Å². The van der Waals surface area contributed by atoms with Gasteiger partial charge in [0, 0.05) is 13.1 Å². The van der Waals surface area contributed by atoms with Crippen LogP contribution in [0.15, 0.2) is 17.2 Å². The van der Waals surface area contributed by atoms with Crippen molar-refractivity contribution in [2.75, 3.05) is 5.75 Å². The molecule has 5 heteroatoms. The fraction of sp³-hybridized carbons (Fsp3) is 0.500. The van der Waals surface area contributed by atoms with Crippen LogP contribution >= 0.6 is 0 Å². The Morgan fingerprint density at radius 2 is 2.12 bits per heavy atom. The number of aromatic nitrogens is 1. The summed E-state index contributed by atoms with van der Waals surface area (Å²) >= 11 is 0. The van der Waals surface area contributed by atoms with Gasteiger partial charge in [-0.1, -0.05) is 6.92 Å². The first kappa shape index (κ1) is 12.2. The third-order valence-electron chi connectivity index (χ3n) is 2.97. The maximum absolute atomic E-state index is 11.9. The van der Waals surface area contributed by atoms with Gasteiger partial charge in [-0.3, -0.25) is 9.78 Å². The molecule has 17 heavy (non-hydrogen) atoms. The van der Waals surface area contributed by atoms with Crippen molar-refractivity contribution < 1.29 is 13.2 Å². The summed E-state index contributed by atoms with van der Waals surface area (Å²) < 4.78 is 23.9. The van der Waals surface area contributed by atoms with Gasteiger partial charge < -0.3 is 0 Å². The number of sulfone groups is 1. The first-order valence-electron chi connectivity index (χ1n) is 5.69. The molecule has 1 fully saturated rings. The van der Waals surface area contributed by atoms with E-state index in [1.807, 2.05) is 0 Å². The Morgan fingerprint density at radius 1 is 1.47 bits per heavy atom. The molecule has 0 saturated heterocycles. The average Bonchev–Trinajstić information content (AvgIpc) is 3.12. The predicted octanol–water partition coefficient (Wildman–Crippen LogP) is 1.96. The number of nitrogens with zero attached hydrogens (tertiary/aromatic N) is 1. The monoisotopic (exact) mass is 253 g/mol. The zero-order valence-corrected chi connectivity index (χ0v) is 10.8. The normalized spacial score (nSPS) is 15.9. The van der Waals surface area contributed by atoms with Gasteiger partial charge in [0.2, 0.25) is 0 Å². The van der Waals surface area contributed by atoms with Gasteiger partial charge in [0.15, 0.2) is 15.6 Å². The van der Waals surface area contributed by atoms with Gasteiger partial charge in [-0.05, 0) is 30.4 Å². The van der Waals surface area contributed by atoms with Crippen LogP contribution in [0.4, 0.5) is 0 Å². The Bertz CT molecular complexity index is 559. The van der Waals surface area contributed by atoms with Gasteiger partial charge in [-0.25, -0.2) is 8.42 Å². The molecule has 92 valence electrons. The number of carbonyl (C=O) groups is 1. The molecule has 0 amide bonds. The molecular weight excluding hydrogens is 238 g/mol. The van der Waals surface area contributed by atoms with Crippen molar-refractivity contribution in [2.45, 2.75) is 37.5 Å². The first-order valence-corrected chi connectivity index (χ1v) is 7.34. The van der Waals surface area contributed by atoms with E-state index in [2.05, 4.69) is 4.98 Å². The Kier molecular flexibility index (Phi) is 3.03. The van der Waals surface area contributed by atoms with Gasteiger partial charge >= 0.3 is 0 Å². The van der Waals surface area contributed by atoms with E-state index < -0.39 is 9.84 Å². The van der Waals surface area contributed by atoms with Gasteiger partial charge in [-0.15, -0.1) is 0 Å². The zero-order valence-electron chi connectivity index (χ0n) is 9.93. The van der Waals surface area contributed by atoms with Crippen LogP contribution in [0.25, 0.3) is 0 Å². The molecule has 1 aliphatic carbocycles. The Hall–Kier alpha value is -1.23. The summed E-state index contributed by atoms with van der Waals surface area (Å²) in [5.74, 6) is 0.108. The van der Waals surface area contributed by atoms with Crippen LogP contribution in [0.3, 0.4) is 0 Å². The third kappa shape index (κ3) is 2.39. The lowest BCUT2D eigenvalue weighted by Crippen LogP contribution is -2.12. The van der Waals surface area contributed by atoms with Crippen LogP contribution in [0.5, 0.6) is 0 Å². The maximum Gasteiger partial charge on any atom is 0.180 e. The first-order chi connectivity index (χ1) is 7.95. The van der Waals surface area contributed by atoms with Gasteiger partial charge in [-0.2, -0.15) is 0 Å². The number of Topliss-reactive ketones (excluding diaryl/α,β-unsaturated/α-hetero) is 1. The number of hydrogen-bond acceptors (Lipinski definition) is 4. The molecule has 1 aromatic heterocycles. The number of carbonyl (C=O) groups excluding carboxylic acids is 1. The SMILES string of the molecule is CCS(=O)(=O)c1cc(C2CC2)cnc1C(C)=O. The van der Waals surface area contributed by atoms with Crippen LogP contribution in [0, 0.1) is 0 Å². The topological polar surface area (TPSA) is 64.1 Å². The van der Waals surface area contributed by atoms with Gasteiger partial charge in [0.05, 0.1) is 10.6 Å². The standard InChI is InChI=1S/C12H15NO3S/c1-3-17(15,16)11-6-10(9-4-5-9)7-13-12(11)8(2)14/h6-7,9H,3-5H2,1-2H3.